The van der Waals surface area contributed by atoms with Gasteiger partial charge in [-0.15, -0.1) is 0 Å². The molecule has 1 N–H and O–H groups in total. The predicted octanol–water partition coefficient (Wildman–Crippen LogP) is 3.70. The monoisotopic (exact) mass is 313 g/mol. The number of amides is 1. The van der Waals surface area contributed by atoms with Gasteiger partial charge in [0, 0.05) is 24.8 Å². The van der Waals surface area contributed by atoms with E-state index < -0.39 is 0 Å². The minimum atomic E-state index is 0.160. The van der Waals surface area contributed by atoms with Crippen LogP contribution < -0.4 is 5.32 Å². The molecule has 2 bridgehead atoms. The van der Waals surface area contributed by atoms with E-state index >= 15 is 0 Å². The first kappa shape index (κ1) is 15.0. The molecule has 2 saturated carbocycles. The van der Waals surface area contributed by atoms with Crippen LogP contribution >= 0.6 is 0 Å². The summed E-state index contributed by atoms with van der Waals surface area (Å²) in [5.74, 6) is 0.929. The standard InChI is InChI=1S/C19H27N3O/c1-18(2)9-14-10-19(3,11-18)12-22(14)17(23)15-5-4-8-20-16(15)21-13-6-7-13/h4-5,8,13-14H,6-7,9-12H2,1-3H3,(H,20,21). The third kappa shape index (κ3) is 2.84. The van der Waals surface area contributed by atoms with Gasteiger partial charge >= 0.3 is 0 Å². The Hall–Kier alpha value is -1.58. The number of rotatable bonds is 3. The molecule has 1 amide bonds. The molecule has 1 aliphatic heterocycles. The number of fused-ring (bicyclic) bond motifs is 2. The second-order valence-corrected chi connectivity index (χ2v) is 8.96. The van der Waals surface area contributed by atoms with Gasteiger partial charge in [0.2, 0.25) is 0 Å². The largest absolute Gasteiger partial charge is 0.367 e. The Balaban J connectivity index is 1.60. The molecular weight excluding hydrogens is 286 g/mol. The van der Waals surface area contributed by atoms with Gasteiger partial charge in [-0.05, 0) is 55.1 Å². The summed E-state index contributed by atoms with van der Waals surface area (Å²) in [6.07, 6.45) is 7.61. The maximum Gasteiger partial charge on any atom is 0.257 e. The van der Waals surface area contributed by atoms with Crippen LogP contribution in [0.2, 0.25) is 0 Å². The van der Waals surface area contributed by atoms with Gasteiger partial charge in [-0.25, -0.2) is 4.98 Å². The first-order valence-corrected chi connectivity index (χ1v) is 8.88. The smallest absolute Gasteiger partial charge is 0.257 e. The van der Waals surface area contributed by atoms with Gasteiger partial charge < -0.3 is 10.2 Å². The number of hydrogen-bond acceptors (Lipinski definition) is 3. The quantitative estimate of drug-likeness (QED) is 0.925. The summed E-state index contributed by atoms with van der Waals surface area (Å²) in [6, 6.07) is 4.69. The first-order chi connectivity index (χ1) is 10.9. The van der Waals surface area contributed by atoms with Crippen molar-refractivity contribution in [2.45, 2.75) is 65.0 Å². The molecule has 4 heteroatoms. The summed E-state index contributed by atoms with van der Waals surface area (Å²) in [4.78, 5) is 19.8. The Morgan fingerprint density at radius 1 is 1.30 bits per heavy atom. The number of nitrogens with one attached hydrogen (secondary N) is 1. The third-order valence-electron chi connectivity index (χ3n) is 5.63. The highest BCUT2D eigenvalue weighted by Crippen LogP contribution is 2.52. The van der Waals surface area contributed by atoms with E-state index in [0.29, 0.717) is 17.5 Å². The van der Waals surface area contributed by atoms with Gasteiger partial charge in [-0.2, -0.15) is 0 Å². The average Bonchev–Trinajstić information content (AvgIpc) is 3.22. The topological polar surface area (TPSA) is 45.2 Å². The van der Waals surface area contributed by atoms with Crippen LogP contribution in [0.5, 0.6) is 0 Å². The Morgan fingerprint density at radius 2 is 2.09 bits per heavy atom. The summed E-state index contributed by atoms with van der Waals surface area (Å²) >= 11 is 0. The second kappa shape index (κ2) is 4.96. The van der Waals surface area contributed by atoms with Crippen LogP contribution in [0.3, 0.4) is 0 Å². The lowest BCUT2D eigenvalue weighted by Gasteiger charge is -2.39. The zero-order valence-electron chi connectivity index (χ0n) is 14.4. The average molecular weight is 313 g/mol. The number of pyridine rings is 1. The molecule has 3 fully saturated rings. The molecule has 2 atom stereocenters. The normalized spacial score (nSPS) is 32.0. The maximum absolute atomic E-state index is 13.2. The van der Waals surface area contributed by atoms with E-state index in [2.05, 4.69) is 36.0 Å². The van der Waals surface area contributed by atoms with Crippen molar-refractivity contribution in [2.24, 2.45) is 10.8 Å². The summed E-state index contributed by atoms with van der Waals surface area (Å²) in [6.45, 7) is 7.92. The van der Waals surface area contributed by atoms with E-state index in [9.17, 15) is 4.79 Å². The molecular formula is C19H27N3O. The van der Waals surface area contributed by atoms with Crippen molar-refractivity contribution in [1.82, 2.24) is 9.88 Å². The molecule has 0 spiro atoms. The maximum atomic E-state index is 13.2. The second-order valence-electron chi connectivity index (χ2n) is 8.96. The van der Waals surface area contributed by atoms with Gasteiger partial charge in [0.25, 0.3) is 5.91 Å². The van der Waals surface area contributed by atoms with Crippen LogP contribution in [0.4, 0.5) is 5.82 Å². The molecule has 1 aromatic rings. The molecule has 23 heavy (non-hydrogen) atoms. The molecule has 1 aromatic heterocycles. The van der Waals surface area contributed by atoms with Crippen LogP contribution in [0.15, 0.2) is 18.3 Å². The van der Waals surface area contributed by atoms with Crippen LogP contribution in [0.1, 0.15) is 63.2 Å². The molecule has 4 nitrogen and oxygen atoms in total. The first-order valence-electron chi connectivity index (χ1n) is 8.88. The van der Waals surface area contributed by atoms with Crippen molar-refractivity contribution in [3.63, 3.8) is 0 Å². The van der Waals surface area contributed by atoms with Gasteiger partial charge in [-0.3, -0.25) is 4.79 Å². The highest BCUT2D eigenvalue weighted by molar-refractivity contribution is 5.99. The Labute approximate surface area is 138 Å². The number of carbonyl (C=O) groups excluding carboxylic acids is 1. The molecule has 2 aliphatic carbocycles. The summed E-state index contributed by atoms with van der Waals surface area (Å²) < 4.78 is 0. The number of likely N-dealkylation sites (tertiary alicyclic amines) is 1. The van der Waals surface area contributed by atoms with E-state index in [1.165, 1.54) is 19.3 Å². The summed E-state index contributed by atoms with van der Waals surface area (Å²) in [5, 5.41) is 3.42. The number of aromatic nitrogens is 1. The molecule has 2 unspecified atom stereocenters. The third-order valence-corrected chi connectivity index (χ3v) is 5.63. The number of anilines is 1. The lowest BCUT2D eigenvalue weighted by molar-refractivity contribution is 0.0709. The van der Waals surface area contributed by atoms with Crippen LogP contribution in [-0.4, -0.2) is 34.4 Å². The van der Waals surface area contributed by atoms with E-state index in [0.717, 1.165) is 30.8 Å². The molecule has 0 aromatic carbocycles. The summed E-state index contributed by atoms with van der Waals surface area (Å²) in [5.41, 5.74) is 1.35. The fourth-order valence-electron chi connectivity index (χ4n) is 4.97. The number of hydrogen-bond donors (Lipinski definition) is 1. The van der Waals surface area contributed by atoms with Gasteiger partial charge in [-0.1, -0.05) is 20.8 Å². The lowest BCUT2D eigenvalue weighted by atomic mass is 9.65. The molecule has 0 radical (unpaired) electrons. The molecule has 124 valence electrons. The molecule has 1 saturated heterocycles. The van der Waals surface area contributed by atoms with Crippen molar-refractivity contribution in [3.05, 3.63) is 23.9 Å². The SMILES string of the molecule is CC1(C)CC2CC(C)(CN2C(=O)c2cccnc2NC2CC2)C1. The lowest BCUT2D eigenvalue weighted by Crippen LogP contribution is -2.38. The number of nitrogens with zero attached hydrogens (tertiary/aromatic N) is 2. The van der Waals surface area contributed by atoms with Crippen molar-refractivity contribution in [1.29, 1.82) is 0 Å². The fraction of sp³-hybridized carbons (Fsp3) is 0.684. The minimum absolute atomic E-state index is 0.160. The van der Waals surface area contributed by atoms with Crippen molar-refractivity contribution < 1.29 is 4.79 Å². The van der Waals surface area contributed by atoms with Gasteiger partial charge in [0.05, 0.1) is 5.56 Å². The van der Waals surface area contributed by atoms with Gasteiger partial charge in [0.1, 0.15) is 5.82 Å². The van der Waals surface area contributed by atoms with Crippen LogP contribution in [0, 0.1) is 10.8 Å². The Morgan fingerprint density at radius 3 is 2.83 bits per heavy atom. The van der Waals surface area contributed by atoms with E-state index in [1.54, 1.807) is 6.20 Å². The Kier molecular flexibility index (Phi) is 3.23. The highest BCUT2D eigenvalue weighted by atomic mass is 16.2. The highest BCUT2D eigenvalue weighted by Gasteiger charge is 2.51. The summed E-state index contributed by atoms with van der Waals surface area (Å²) in [7, 11) is 0. The van der Waals surface area contributed by atoms with E-state index in [1.807, 2.05) is 12.1 Å². The van der Waals surface area contributed by atoms with Crippen molar-refractivity contribution in [2.75, 3.05) is 11.9 Å². The predicted molar refractivity (Wildman–Crippen MR) is 91.4 cm³/mol. The fourth-order valence-corrected chi connectivity index (χ4v) is 4.97. The minimum Gasteiger partial charge on any atom is -0.367 e. The van der Waals surface area contributed by atoms with Crippen molar-refractivity contribution in [3.8, 4) is 0 Å². The van der Waals surface area contributed by atoms with Crippen LogP contribution in [-0.2, 0) is 0 Å². The zero-order chi connectivity index (χ0) is 16.2. The van der Waals surface area contributed by atoms with Crippen LogP contribution in [0.25, 0.3) is 0 Å². The molecule has 3 aliphatic rings. The molecule has 4 rings (SSSR count). The Bertz CT molecular complexity index is 637. The van der Waals surface area contributed by atoms with Gasteiger partial charge in [0.15, 0.2) is 0 Å². The van der Waals surface area contributed by atoms with E-state index in [-0.39, 0.29) is 11.3 Å². The molecule has 2 heterocycles. The zero-order valence-corrected chi connectivity index (χ0v) is 14.4. The van der Waals surface area contributed by atoms with E-state index in [4.69, 9.17) is 0 Å². The van der Waals surface area contributed by atoms with Crippen molar-refractivity contribution >= 4 is 11.7 Å². The number of carbonyl (C=O) groups is 1.